The Bertz CT molecular complexity index is 800. The number of aromatic nitrogens is 1. The van der Waals surface area contributed by atoms with Gasteiger partial charge in [0, 0.05) is 18.5 Å². The Morgan fingerprint density at radius 2 is 1.92 bits per heavy atom. The molecular formula is C20H23N3O3. The molecule has 0 fully saturated rings. The number of rotatable bonds is 8. The third kappa shape index (κ3) is 4.75. The minimum absolute atomic E-state index is 0.0701. The Labute approximate surface area is 153 Å². The fraction of sp³-hybridized carbons (Fsp3) is 0.300. The van der Waals surface area contributed by atoms with E-state index in [1.165, 1.54) is 4.90 Å². The molecule has 0 saturated carbocycles. The van der Waals surface area contributed by atoms with Gasteiger partial charge in [-0.15, -0.1) is 0 Å². The van der Waals surface area contributed by atoms with E-state index in [2.05, 4.69) is 4.98 Å². The molecular weight excluding hydrogens is 330 g/mol. The van der Waals surface area contributed by atoms with Crippen LogP contribution in [0.5, 0.6) is 0 Å². The summed E-state index contributed by atoms with van der Waals surface area (Å²) in [5.41, 5.74) is 3.33. The largest absolute Gasteiger partial charge is 0.477 e. The molecule has 1 aromatic heterocycles. The number of carboxylic acid groups (broad SMARTS) is 1. The fourth-order valence-corrected chi connectivity index (χ4v) is 2.68. The maximum Gasteiger partial charge on any atom is 0.354 e. The van der Waals surface area contributed by atoms with Gasteiger partial charge in [-0.3, -0.25) is 10.2 Å². The molecule has 0 atom stereocenters. The number of aryl methyl sites for hydroxylation is 2. The number of amidine groups is 1. The molecule has 2 N–H and O–H groups in total. The lowest BCUT2D eigenvalue weighted by atomic mass is 10.0. The van der Waals surface area contributed by atoms with Gasteiger partial charge in [0.25, 0.3) is 0 Å². The van der Waals surface area contributed by atoms with E-state index in [0.29, 0.717) is 36.5 Å². The van der Waals surface area contributed by atoms with Crippen molar-refractivity contribution in [3.8, 4) is 11.3 Å². The molecule has 6 heteroatoms. The van der Waals surface area contributed by atoms with Crippen LogP contribution in [0, 0.1) is 12.3 Å². The predicted octanol–water partition coefficient (Wildman–Crippen LogP) is 3.53. The first-order valence-electron chi connectivity index (χ1n) is 8.55. The average molecular weight is 353 g/mol. The number of nitrogens with one attached hydrogen (secondary N) is 1. The van der Waals surface area contributed by atoms with Crippen LogP contribution < -0.4 is 0 Å². The molecule has 2 rings (SSSR count). The lowest BCUT2D eigenvalue weighted by Crippen LogP contribution is -2.28. The van der Waals surface area contributed by atoms with E-state index in [1.54, 1.807) is 13.0 Å². The Morgan fingerprint density at radius 1 is 1.23 bits per heavy atom. The van der Waals surface area contributed by atoms with Crippen molar-refractivity contribution >= 4 is 18.2 Å². The highest BCUT2D eigenvalue weighted by molar-refractivity contribution is 5.88. The molecule has 1 aromatic carbocycles. The molecule has 0 aliphatic heterocycles. The summed E-state index contributed by atoms with van der Waals surface area (Å²) >= 11 is 0. The average Bonchev–Trinajstić information content (AvgIpc) is 2.63. The highest BCUT2D eigenvalue weighted by atomic mass is 16.4. The zero-order chi connectivity index (χ0) is 19.1. The maximum atomic E-state index is 11.2. The molecule has 136 valence electrons. The maximum absolute atomic E-state index is 11.2. The number of carbonyl (C=O) groups is 2. The molecule has 0 spiro atoms. The summed E-state index contributed by atoms with van der Waals surface area (Å²) in [6.45, 7) is 4.08. The number of hydrogen-bond acceptors (Lipinski definition) is 4. The van der Waals surface area contributed by atoms with Crippen LogP contribution in [0.15, 0.2) is 36.4 Å². The minimum Gasteiger partial charge on any atom is -0.477 e. The second-order valence-electron chi connectivity index (χ2n) is 6.06. The van der Waals surface area contributed by atoms with Crippen LogP contribution in [0.4, 0.5) is 0 Å². The van der Waals surface area contributed by atoms with Gasteiger partial charge >= 0.3 is 5.97 Å². The third-order valence-electron chi connectivity index (χ3n) is 4.24. The van der Waals surface area contributed by atoms with Gasteiger partial charge < -0.3 is 10.0 Å². The normalized spacial score (nSPS) is 10.4. The summed E-state index contributed by atoms with van der Waals surface area (Å²) in [5.74, 6) is -0.691. The first-order valence-corrected chi connectivity index (χ1v) is 8.55. The Hall–Kier alpha value is -3.02. The third-order valence-corrected chi connectivity index (χ3v) is 4.24. The predicted molar refractivity (Wildman–Crippen MR) is 100 cm³/mol. The van der Waals surface area contributed by atoms with Gasteiger partial charge in [-0.25, -0.2) is 9.78 Å². The van der Waals surface area contributed by atoms with Crippen LogP contribution >= 0.6 is 0 Å². The number of carboxylic acids is 1. The second kappa shape index (κ2) is 8.89. The number of nitrogens with zero attached hydrogens (tertiary/aromatic N) is 2. The van der Waals surface area contributed by atoms with E-state index in [9.17, 15) is 14.7 Å². The number of amides is 1. The van der Waals surface area contributed by atoms with Crippen LogP contribution in [0.1, 0.15) is 41.4 Å². The molecule has 1 amide bonds. The molecule has 26 heavy (non-hydrogen) atoms. The zero-order valence-corrected chi connectivity index (χ0v) is 15.0. The van der Waals surface area contributed by atoms with E-state index in [1.807, 2.05) is 37.3 Å². The van der Waals surface area contributed by atoms with Crippen LogP contribution in [0.2, 0.25) is 0 Å². The van der Waals surface area contributed by atoms with Crippen molar-refractivity contribution in [2.24, 2.45) is 0 Å². The number of hydrogen-bond donors (Lipinski definition) is 2. The second-order valence-corrected chi connectivity index (χ2v) is 6.06. The van der Waals surface area contributed by atoms with E-state index in [4.69, 9.17) is 5.41 Å². The molecule has 0 bridgehead atoms. The zero-order valence-electron chi connectivity index (χ0n) is 15.0. The number of carbonyl (C=O) groups excluding carboxylic acids is 1. The summed E-state index contributed by atoms with van der Waals surface area (Å²) in [6, 6.07) is 11.4. The van der Waals surface area contributed by atoms with Gasteiger partial charge in [0.2, 0.25) is 6.41 Å². The molecule has 0 radical (unpaired) electrons. The van der Waals surface area contributed by atoms with Crippen LogP contribution in [0.3, 0.4) is 0 Å². The lowest BCUT2D eigenvalue weighted by molar-refractivity contribution is -0.114. The first kappa shape index (κ1) is 19.3. The molecule has 0 unspecified atom stereocenters. The molecule has 0 aliphatic rings. The highest BCUT2D eigenvalue weighted by Gasteiger charge is 2.11. The minimum atomic E-state index is -1.03. The van der Waals surface area contributed by atoms with E-state index < -0.39 is 5.97 Å². The number of benzene rings is 1. The standard InChI is InChI=1S/C20H23N3O3/c1-3-23(13-24)18(21)6-4-5-15-8-10-16(11-9-15)17-12-7-14(2)19(22-17)20(25)26/h7-13,21H,3-6H2,1-2H3,(H,25,26). The van der Waals surface area contributed by atoms with Gasteiger partial charge in [-0.1, -0.05) is 30.3 Å². The summed E-state index contributed by atoms with van der Waals surface area (Å²) in [6.07, 6.45) is 2.84. The number of aromatic carboxylic acids is 1. The summed E-state index contributed by atoms with van der Waals surface area (Å²) in [4.78, 5) is 27.7. The van der Waals surface area contributed by atoms with Gasteiger partial charge in [-0.2, -0.15) is 0 Å². The van der Waals surface area contributed by atoms with Gasteiger partial charge in [0.05, 0.1) is 5.69 Å². The summed E-state index contributed by atoms with van der Waals surface area (Å²) in [5, 5.41) is 17.1. The van der Waals surface area contributed by atoms with Crippen molar-refractivity contribution in [3.63, 3.8) is 0 Å². The number of pyridine rings is 1. The summed E-state index contributed by atoms with van der Waals surface area (Å²) in [7, 11) is 0. The Kier molecular flexibility index (Phi) is 6.60. The molecule has 0 saturated heterocycles. The van der Waals surface area contributed by atoms with E-state index >= 15 is 0 Å². The van der Waals surface area contributed by atoms with E-state index in [0.717, 1.165) is 24.0 Å². The smallest absolute Gasteiger partial charge is 0.354 e. The van der Waals surface area contributed by atoms with Crippen LogP contribution in [0.25, 0.3) is 11.3 Å². The molecule has 2 aromatic rings. The monoisotopic (exact) mass is 353 g/mol. The van der Waals surface area contributed by atoms with Gasteiger partial charge in [-0.05, 0) is 43.9 Å². The molecule has 6 nitrogen and oxygen atoms in total. The lowest BCUT2D eigenvalue weighted by Gasteiger charge is -2.15. The SMILES string of the molecule is CCN(C=O)C(=N)CCCc1ccc(-c2ccc(C)c(C(=O)O)n2)cc1. The topological polar surface area (TPSA) is 94.4 Å². The van der Waals surface area contributed by atoms with E-state index in [-0.39, 0.29) is 5.69 Å². The van der Waals surface area contributed by atoms with Crippen molar-refractivity contribution in [1.82, 2.24) is 9.88 Å². The highest BCUT2D eigenvalue weighted by Crippen LogP contribution is 2.20. The van der Waals surface area contributed by atoms with Crippen LogP contribution in [-0.4, -0.2) is 39.8 Å². The van der Waals surface area contributed by atoms with Crippen molar-refractivity contribution < 1.29 is 14.7 Å². The van der Waals surface area contributed by atoms with Gasteiger partial charge in [0.15, 0.2) is 5.69 Å². The summed E-state index contributed by atoms with van der Waals surface area (Å²) < 4.78 is 0. The molecule has 1 heterocycles. The Balaban J connectivity index is 2.00. The fourth-order valence-electron chi connectivity index (χ4n) is 2.68. The van der Waals surface area contributed by atoms with Crippen molar-refractivity contribution in [1.29, 1.82) is 5.41 Å². The van der Waals surface area contributed by atoms with Crippen LogP contribution in [-0.2, 0) is 11.2 Å². The van der Waals surface area contributed by atoms with Gasteiger partial charge in [0.1, 0.15) is 5.84 Å². The first-order chi connectivity index (χ1) is 12.5. The Morgan fingerprint density at radius 3 is 2.50 bits per heavy atom. The van der Waals surface area contributed by atoms with Crippen molar-refractivity contribution in [2.75, 3.05) is 6.54 Å². The van der Waals surface area contributed by atoms with Crippen molar-refractivity contribution in [3.05, 3.63) is 53.2 Å². The quantitative estimate of drug-likeness (QED) is 0.431. The molecule has 0 aliphatic carbocycles. The van der Waals surface area contributed by atoms with Crippen molar-refractivity contribution in [2.45, 2.75) is 33.1 Å².